The highest BCUT2D eigenvalue weighted by Crippen LogP contribution is 2.18. The van der Waals surface area contributed by atoms with E-state index in [4.69, 9.17) is 14.2 Å². The fourth-order valence-electron chi connectivity index (χ4n) is 2.56. The number of allylic oxidation sites excluding steroid dienone is 1. The van der Waals surface area contributed by atoms with E-state index < -0.39 is 5.97 Å². The van der Waals surface area contributed by atoms with Crippen LogP contribution in [-0.2, 0) is 0 Å². The molecular weight excluding hydrogens is 368 g/mol. The Morgan fingerprint density at radius 3 is 1.66 bits per heavy atom. The number of carbonyl (C=O) groups excluding carboxylic acids is 2. The minimum absolute atomic E-state index is 0.109. The van der Waals surface area contributed by atoms with E-state index in [1.807, 2.05) is 0 Å². The largest absolute Gasteiger partial charge is 0.497 e. The molecule has 3 rings (SSSR count). The molecule has 0 heterocycles. The second-order valence-electron chi connectivity index (χ2n) is 6.11. The molecule has 0 radical (unpaired) electrons. The van der Waals surface area contributed by atoms with Crippen LogP contribution in [0.15, 0.2) is 78.9 Å². The number of methoxy groups -OCH3 is 2. The van der Waals surface area contributed by atoms with Crippen LogP contribution < -0.4 is 14.2 Å². The maximum absolute atomic E-state index is 12.2. The zero-order valence-electron chi connectivity index (χ0n) is 16.1. The predicted molar refractivity (Wildman–Crippen MR) is 111 cm³/mol. The van der Waals surface area contributed by atoms with Crippen molar-refractivity contribution in [2.75, 3.05) is 14.2 Å². The van der Waals surface area contributed by atoms with Crippen molar-refractivity contribution in [2.24, 2.45) is 0 Å². The number of ketones is 1. The molecule has 0 bridgehead atoms. The third-order valence-electron chi connectivity index (χ3n) is 4.22. The Hall–Kier alpha value is -3.86. The molecule has 0 aliphatic rings. The standard InChI is InChI=1S/C24H20O5/c1-27-20-12-6-18(7-13-20)23(25)16-5-17-3-10-22(11-4-17)29-24(26)19-8-14-21(28-2)15-9-19/h3-16H,1-2H3. The van der Waals surface area contributed by atoms with Gasteiger partial charge in [-0.2, -0.15) is 0 Å². The van der Waals surface area contributed by atoms with E-state index in [0.29, 0.717) is 28.4 Å². The van der Waals surface area contributed by atoms with E-state index in [0.717, 1.165) is 5.56 Å². The molecule has 5 heteroatoms. The summed E-state index contributed by atoms with van der Waals surface area (Å²) in [5.74, 6) is 1.23. The van der Waals surface area contributed by atoms with Crippen LogP contribution in [0, 0.1) is 0 Å². The molecule has 0 aromatic heterocycles. The molecular formula is C24H20O5. The smallest absolute Gasteiger partial charge is 0.343 e. The van der Waals surface area contributed by atoms with Gasteiger partial charge < -0.3 is 14.2 Å². The summed E-state index contributed by atoms with van der Waals surface area (Å²) in [6.45, 7) is 0. The van der Waals surface area contributed by atoms with Crippen molar-refractivity contribution in [3.05, 3.63) is 95.6 Å². The van der Waals surface area contributed by atoms with Crippen molar-refractivity contribution in [3.8, 4) is 17.2 Å². The van der Waals surface area contributed by atoms with Crippen LogP contribution in [0.3, 0.4) is 0 Å². The Bertz CT molecular complexity index is 1000. The van der Waals surface area contributed by atoms with Gasteiger partial charge in [-0.05, 0) is 72.3 Å². The lowest BCUT2D eigenvalue weighted by molar-refractivity contribution is 0.0734. The van der Waals surface area contributed by atoms with Crippen LogP contribution in [0.25, 0.3) is 6.08 Å². The van der Waals surface area contributed by atoms with E-state index in [9.17, 15) is 9.59 Å². The minimum Gasteiger partial charge on any atom is -0.497 e. The summed E-state index contributed by atoms with van der Waals surface area (Å²) in [5, 5.41) is 0. The summed E-state index contributed by atoms with van der Waals surface area (Å²) >= 11 is 0. The molecule has 0 atom stereocenters. The highest BCUT2D eigenvalue weighted by atomic mass is 16.5. The number of rotatable bonds is 7. The summed E-state index contributed by atoms with van der Waals surface area (Å²) in [6.07, 6.45) is 3.21. The highest BCUT2D eigenvalue weighted by Gasteiger charge is 2.08. The second kappa shape index (κ2) is 9.37. The van der Waals surface area contributed by atoms with Gasteiger partial charge in [0.15, 0.2) is 5.78 Å². The predicted octanol–water partition coefficient (Wildman–Crippen LogP) is 4.82. The fraction of sp³-hybridized carbons (Fsp3) is 0.0833. The monoisotopic (exact) mass is 388 g/mol. The normalized spacial score (nSPS) is 10.6. The lowest BCUT2D eigenvalue weighted by Gasteiger charge is -2.05. The van der Waals surface area contributed by atoms with Crippen LogP contribution in [0.4, 0.5) is 0 Å². The van der Waals surface area contributed by atoms with Crippen molar-refractivity contribution in [3.63, 3.8) is 0 Å². The first kappa shape index (κ1) is 19.9. The van der Waals surface area contributed by atoms with E-state index in [1.54, 1.807) is 93.1 Å². The molecule has 0 N–H and O–H groups in total. The SMILES string of the molecule is COc1ccc(C(=O)C=Cc2ccc(OC(=O)c3ccc(OC)cc3)cc2)cc1. The summed E-state index contributed by atoms with van der Waals surface area (Å²) in [5.41, 5.74) is 1.82. The molecule has 0 spiro atoms. The van der Waals surface area contributed by atoms with E-state index in [-0.39, 0.29) is 5.78 Å². The quantitative estimate of drug-likeness (QED) is 0.251. The van der Waals surface area contributed by atoms with Gasteiger partial charge in [-0.3, -0.25) is 4.79 Å². The lowest BCUT2D eigenvalue weighted by Crippen LogP contribution is -2.08. The van der Waals surface area contributed by atoms with Gasteiger partial charge in [-0.15, -0.1) is 0 Å². The fourth-order valence-corrected chi connectivity index (χ4v) is 2.56. The Balaban J connectivity index is 1.60. The number of carbonyl (C=O) groups is 2. The first-order chi connectivity index (χ1) is 14.1. The van der Waals surface area contributed by atoms with Gasteiger partial charge in [0.25, 0.3) is 0 Å². The number of benzene rings is 3. The van der Waals surface area contributed by atoms with Gasteiger partial charge in [-0.25, -0.2) is 4.79 Å². The Labute approximate surface area is 169 Å². The van der Waals surface area contributed by atoms with Crippen LogP contribution >= 0.6 is 0 Å². The van der Waals surface area contributed by atoms with Gasteiger partial charge in [0.1, 0.15) is 17.2 Å². The third-order valence-corrected chi connectivity index (χ3v) is 4.22. The van der Waals surface area contributed by atoms with Crippen molar-refractivity contribution >= 4 is 17.8 Å². The molecule has 0 aliphatic carbocycles. The molecule has 5 nitrogen and oxygen atoms in total. The first-order valence-electron chi connectivity index (χ1n) is 8.92. The third kappa shape index (κ3) is 5.32. The number of esters is 1. The maximum atomic E-state index is 12.2. The van der Waals surface area contributed by atoms with Crippen LogP contribution in [0.1, 0.15) is 26.3 Å². The van der Waals surface area contributed by atoms with Crippen molar-refractivity contribution in [1.82, 2.24) is 0 Å². The summed E-state index contributed by atoms with van der Waals surface area (Å²) in [4.78, 5) is 24.4. The Morgan fingerprint density at radius 1 is 0.655 bits per heavy atom. The molecule has 0 saturated heterocycles. The molecule has 146 valence electrons. The van der Waals surface area contributed by atoms with Crippen LogP contribution in [-0.4, -0.2) is 26.0 Å². The van der Waals surface area contributed by atoms with Gasteiger partial charge in [0, 0.05) is 5.56 Å². The zero-order chi connectivity index (χ0) is 20.6. The minimum atomic E-state index is -0.453. The molecule has 29 heavy (non-hydrogen) atoms. The van der Waals surface area contributed by atoms with Gasteiger partial charge in [0.05, 0.1) is 19.8 Å². The molecule has 3 aromatic rings. The number of hydrogen-bond acceptors (Lipinski definition) is 5. The van der Waals surface area contributed by atoms with Crippen LogP contribution in [0.2, 0.25) is 0 Å². The molecule has 0 saturated carbocycles. The Kier molecular flexibility index (Phi) is 6.43. The number of ether oxygens (including phenoxy) is 3. The van der Waals surface area contributed by atoms with Gasteiger partial charge >= 0.3 is 5.97 Å². The zero-order valence-corrected chi connectivity index (χ0v) is 16.1. The van der Waals surface area contributed by atoms with Gasteiger partial charge in [-0.1, -0.05) is 18.2 Å². The maximum Gasteiger partial charge on any atom is 0.343 e. The van der Waals surface area contributed by atoms with Crippen molar-refractivity contribution in [1.29, 1.82) is 0 Å². The molecule has 0 unspecified atom stereocenters. The van der Waals surface area contributed by atoms with Crippen molar-refractivity contribution < 1.29 is 23.8 Å². The highest BCUT2D eigenvalue weighted by molar-refractivity contribution is 6.06. The number of hydrogen-bond donors (Lipinski definition) is 0. The first-order valence-corrected chi connectivity index (χ1v) is 8.92. The molecule has 0 fully saturated rings. The average molecular weight is 388 g/mol. The summed E-state index contributed by atoms with van der Waals surface area (Å²) < 4.78 is 15.5. The Morgan fingerprint density at radius 2 is 1.14 bits per heavy atom. The average Bonchev–Trinajstić information content (AvgIpc) is 2.78. The van der Waals surface area contributed by atoms with E-state index in [1.165, 1.54) is 6.08 Å². The molecule has 0 amide bonds. The van der Waals surface area contributed by atoms with E-state index >= 15 is 0 Å². The second-order valence-corrected chi connectivity index (χ2v) is 6.11. The molecule has 0 aliphatic heterocycles. The van der Waals surface area contributed by atoms with Gasteiger partial charge in [0.2, 0.25) is 0 Å². The summed E-state index contributed by atoms with van der Waals surface area (Å²) in [7, 11) is 3.14. The van der Waals surface area contributed by atoms with E-state index in [2.05, 4.69) is 0 Å². The van der Waals surface area contributed by atoms with Crippen molar-refractivity contribution in [2.45, 2.75) is 0 Å². The summed E-state index contributed by atoms with van der Waals surface area (Å²) in [6, 6.07) is 20.5. The molecule has 3 aromatic carbocycles. The van der Waals surface area contributed by atoms with Crippen LogP contribution in [0.5, 0.6) is 17.2 Å². The topological polar surface area (TPSA) is 61.8 Å². The lowest BCUT2D eigenvalue weighted by atomic mass is 10.1.